The largest absolute Gasteiger partial charge is 0.391 e. The van der Waals surface area contributed by atoms with E-state index in [4.69, 9.17) is 11.6 Å². The first kappa shape index (κ1) is 15.7. The zero-order valence-electron chi connectivity index (χ0n) is 12.3. The van der Waals surface area contributed by atoms with Crippen molar-refractivity contribution < 1.29 is 14.3 Å². The van der Waals surface area contributed by atoms with Crippen molar-refractivity contribution in [2.75, 3.05) is 26.2 Å². The Morgan fingerprint density at radius 3 is 2.55 bits per heavy atom. The quantitative estimate of drug-likeness (QED) is 0.905. The first-order valence-electron chi connectivity index (χ1n) is 7.72. The molecule has 2 unspecified atom stereocenters. The molecule has 1 aromatic carbocycles. The highest BCUT2D eigenvalue weighted by Gasteiger charge is 2.33. The fraction of sp³-hybridized carbons (Fsp3) is 0.562. The summed E-state index contributed by atoms with van der Waals surface area (Å²) in [5, 5.41) is 10.1. The van der Waals surface area contributed by atoms with E-state index in [1.807, 2.05) is 0 Å². The standard InChI is InChI=1S/C16H20ClFN2O2/c17-13-10-11(18)4-5-12(13)16(22)20-8-6-19(7-9-20)14-2-1-3-15(14)21/h4-5,10,14-15,21H,1-3,6-9H2. The number of carbonyl (C=O) groups is 1. The second-order valence-corrected chi connectivity index (χ2v) is 6.43. The summed E-state index contributed by atoms with van der Waals surface area (Å²) < 4.78 is 13.1. The van der Waals surface area contributed by atoms with E-state index in [-0.39, 0.29) is 23.1 Å². The highest BCUT2D eigenvalue weighted by Crippen LogP contribution is 2.26. The third kappa shape index (κ3) is 3.12. The molecular formula is C16H20ClFN2O2. The van der Waals surface area contributed by atoms with Gasteiger partial charge in [-0.2, -0.15) is 0 Å². The number of aliphatic hydroxyl groups excluding tert-OH is 1. The molecule has 1 amide bonds. The van der Waals surface area contributed by atoms with Gasteiger partial charge in [-0.1, -0.05) is 11.6 Å². The average molecular weight is 327 g/mol. The Morgan fingerprint density at radius 2 is 1.95 bits per heavy atom. The smallest absolute Gasteiger partial charge is 0.255 e. The van der Waals surface area contributed by atoms with Crippen molar-refractivity contribution in [2.24, 2.45) is 0 Å². The van der Waals surface area contributed by atoms with E-state index < -0.39 is 5.82 Å². The van der Waals surface area contributed by atoms with Crippen LogP contribution in [-0.2, 0) is 0 Å². The highest BCUT2D eigenvalue weighted by atomic mass is 35.5. The molecule has 1 N–H and O–H groups in total. The van der Waals surface area contributed by atoms with Gasteiger partial charge in [-0.3, -0.25) is 9.69 Å². The van der Waals surface area contributed by atoms with Crippen molar-refractivity contribution in [2.45, 2.75) is 31.4 Å². The van der Waals surface area contributed by atoms with E-state index in [1.54, 1.807) is 4.90 Å². The van der Waals surface area contributed by atoms with Crippen LogP contribution in [0.2, 0.25) is 5.02 Å². The van der Waals surface area contributed by atoms with E-state index in [0.717, 1.165) is 32.4 Å². The van der Waals surface area contributed by atoms with E-state index in [0.29, 0.717) is 18.7 Å². The number of nitrogens with zero attached hydrogens (tertiary/aromatic N) is 2. The fourth-order valence-corrected chi connectivity index (χ4v) is 3.68. The van der Waals surface area contributed by atoms with E-state index in [1.165, 1.54) is 18.2 Å². The van der Waals surface area contributed by atoms with Crippen LogP contribution in [0.25, 0.3) is 0 Å². The number of rotatable bonds is 2. The minimum absolute atomic E-state index is 0.152. The lowest BCUT2D eigenvalue weighted by Gasteiger charge is -2.39. The maximum Gasteiger partial charge on any atom is 0.255 e. The first-order valence-corrected chi connectivity index (χ1v) is 8.10. The lowest BCUT2D eigenvalue weighted by molar-refractivity contribution is 0.0315. The van der Waals surface area contributed by atoms with Crippen molar-refractivity contribution in [3.8, 4) is 0 Å². The molecule has 120 valence electrons. The molecule has 1 saturated carbocycles. The van der Waals surface area contributed by atoms with Crippen molar-refractivity contribution in [1.29, 1.82) is 0 Å². The molecule has 3 rings (SSSR count). The Bertz CT molecular complexity index is 561. The molecule has 0 aromatic heterocycles. The highest BCUT2D eigenvalue weighted by molar-refractivity contribution is 6.33. The third-order valence-corrected chi connectivity index (χ3v) is 4.99. The van der Waals surface area contributed by atoms with Crippen LogP contribution in [-0.4, -0.2) is 59.1 Å². The van der Waals surface area contributed by atoms with Gasteiger partial charge >= 0.3 is 0 Å². The summed E-state index contributed by atoms with van der Waals surface area (Å²) in [6, 6.07) is 4.09. The Labute approximate surface area is 134 Å². The number of hydrogen-bond donors (Lipinski definition) is 1. The molecule has 0 spiro atoms. The number of amides is 1. The summed E-state index contributed by atoms with van der Waals surface area (Å²) in [7, 11) is 0. The van der Waals surface area contributed by atoms with E-state index in [2.05, 4.69) is 4.90 Å². The molecular weight excluding hydrogens is 307 g/mol. The van der Waals surface area contributed by atoms with Crippen LogP contribution < -0.4 is 0 Å². The summed E-state index contributed by atoms with van der Waals surface area (Å²) in [5.41, 5.74) is 0.345. The minimum Gasteiger partial charge on any atom is -0.391 e. The number of hydrogen-bond acceptors (Lipinski definition) is 3. The molecule has 4 nitrogen and oxygen atoms in total. The van der Waals surface area contributed by atoms with Gasteiger partial charge in [0.05, 0.1) is 16.7 Å². The second kappa shape index (κ2) is 6.52. The summed E-state index contributed by atoms with van der Waals surface area (Å²) in [5.74, 6) is -0.599. The molecule has 2 aliphatic rings. The van der Waals surface area contributed by atoms with Crippen LogP contribution in [0.3, 0.4) is 0 Å². The molecule has 1 aliphatic carbocycles. The van der Waals surface area contributed by atoms with Crippen LogP contribution in [0.1, 0.15) is 29.6 Å². The number of carbonyl (C=O) groups excluding carboxylic acids is 1. The summed E-state index contributed by atoms with van der Waals surface area (Å²) >= 11 is 5.96. The van der Waals surface area contributed by atoms with Crippen molar-refractivity contribution in [3.63, 3.8) is 0 Å². The minimum atomic E-state index is -0.443. The maximum atomic E-state index is 13.1. The Balaban J connectivity index is 1.62. The molecule has 1 heterocycles. The topological polar surface area (TPSA) is 43.8 Å². The molecule has 2 fully saturated rings. The van der Waals surface area contributed by atoms with Gasteiger partial charge in [0.2, 0.25) is 0 Å². The van der Waals surface area contributed by atoms with Gasteiger partial charge in [0.15, 0.2) is 0 Å². The van der Waals surface area contributed by atoms with Crippen LogP contribution in [0.4, 0.5) is 4.39 Å². The Morgan fingerprint density at radius 1 is 1.23 bits per heavy atom. The fourth-order valence-electron chi connectivity index (χ4n) is 3.44. The van der Waals surface area contributed by atoms with Gasteiger partial charge < -0.3 is 10.0 Å². The molecule has 1 saturated heterocycles. The SMILES string of the molecule is O=C(c1ccc(F)cc1Cl)N1CCN(C2CCCC2O)CC1. The van der Waals surface area contributed by atoms with Gasteiger partial charge in [0.25, 0.3) is 5.91 Å². The van der Waals surface area contributed by atoms with Gasteiger partial charge in [0.1, 0.15) is 5.82 Å². The monoisotopic (exact) mass is 326 g/mol. The number of piperazine rings is 1. The third-order valence-electron chi connectivity index (χ3n) is 4.68. The summed E-state index contributed by atoms with van der Waals surface area (Å²) in [6.45, 7) is 2.73. The summed E-state index contributed by atoms with van der Waals surface area (Å²) in [4.78, 5) is 16.5. The van der Waals surface area contributed by atoms with Gasteiger partial charge in [-0.05, 0) is 37.5 Å². The van der Waals surface area contributed by atoms with Crippen molar-refractivity contribution in [3.05, 3.63) is 34.6 Å². The molecule has 22 heavy (non-hydrogen) atoms. The normalized spacial score (nSPS) is 26.4. The molecule has 0 bridgehead atoms. The van der Waals surface area contributed by atoms with Crippen LogP contribution in [0.5, 0.6) is 0 Å². The van der Waals surface area contributed by atoms with Gasteiger partial charge in [-0.15, -0.1) is 0 Å². The molecule has 6 heteroatoms. The van der Waals surface area contributed by atoms with Crippen LogP contribution >= 0.6 is 11.6 Å². The van der Waals surface area contributed by atoms with Gasteiger partial charge in [-0.25, -0.2) is 4.39 Å². The first-order chi connectivity index (χ1) is 10.6. The van der Waals surface area contributed by atoms with Crippen molar-refractivity contribution in [1.82, 2.24) is 9.80 Å². The predicted molar refractivity (Wildman–Crippen MR) is 82.5 cm³/mol. The summed E-state index contributed by atoms with van der Waals surface area (Å²) in [6.07, 6.45) is 2.72. The Hall–Kier alpha value is -1.17. The number of halogens is 2. The predicted octanol–water partition coefficient (Wildman–Crippen LogP) is 2.15. The van der Waals surface area contributed by atoms with Crippen molar-refractivity contribution >= 4 is 17.5 Å². The zero-order valence-corrected chi connectivity index (χ0v) is 13.1. The maximum absolute atomic E-state index is 13.1. The molecule has 2 atom stereocenters. The molecule has 1 aromatic rings. The zero-order chi connectivity index (χ0) is 15.7. The van der Waals surface area contributed by atoms with E-state index >= 15 is 0 Å². The average Bonchev–Trinajstić information content (AvgIpc) is 2.93. The van der Waals surface area contributed by atoms with Gasteiger partial charge in [0, 0.05) is 32.2 Å². The Kier molecular flexibility index (Phi) is 4.66. The van der Waals surface area contributed by atoms with E-state index in [9.17, 15) is 14.3 Å². The van der Waals surface area contributed by atoms with Crippen LogP contribution in [0, 0.1) is 5.82 Å². The molecule has 0 radical (unpaired) electrons. The second-order valence-electron chi connectivity index (χ2n) is 6.02. The number of aliphatic hydroxyl groups is 1. The lowest BCUT2D eigenvalue weighted by Crippen LogP contribution is -2.53. The molecule has 1 aliphatic heterocycles. The van der Waals surface area contributed by atoms with Crippen LogP contribution in [0.15, 0.2) is 18.2 Å². The number of benzene rings is 1. The lowest BCUT2D eigenvalue weighted by atomic mass is 10.1.